The number of benzene rings is 2. The molecule has 0 bridgehead atoms. The third-order valence-corrected chi connectivity index (χ3v) is 10.5. The van der Waals surface area contributed by atoms with E-state index in [2.05, 4.69) is 102 Å². The van der Waals surface area contributed by atoms with Crippen LogP contribution in [0.2, 0.25) is 0 Å². The van der Waals surface area contributed by atoms with Gasteiger partial charge in [0.15, 0.2) is 0 Å². The number of anilines is 2. The third kappa shape index (κ3) is 6.97. The molecule has 0 spiro atoms. The summed E-state index contributed by atoms with van der Waals surface area (Å²) < 4.78 is 0. The molecule has 2 nitrogen and oxygen atoms in total. The first-order chi connectivity index (χ1) is 18.1. The first-order valence-electron chi connectivity index (χ1n) is 15.9. The van der Waals surface area contributed by atoms with Gasteiger partial charge < -0.3 is 11.1 Å². The van der Waals surface area contributed by atoms with E-state index in [0.29, 0.717) is 6.04 Å². The summed E-state index contributed by atoms with van der Waals surface area (Å²) in [6, 6.07) is 17.7. The molecular weight excluding hydrogens is 460 g/mol. The van der Waals surface area contributed by atoms with E-state index < -0.39 is 0 Å². The molecule has 2 aliphatic carbocycles. The van der Waals surface area contributed by atoms with Crippen LogP contribution in [0.5, 0.6) is 0 Å². The van der Waals surface area contributed by atoms with E-state index in [1.54, 1.807) is 0 Å². The number of nitrogens with one attached hydrogen (secondary N) is 1. The fourth-order valence-electron chi connectivity index (χ4n) is 8.31. The van der Waals surface area contributed by atoms with Crippen LogP contribution in [0.3, 0.4) is 0 Å². The van der Waals surface area contributed by atoms with Crippen LogP contribution in [0.15, 0.2) is 48.5 Å². The maximum Gasteiger partial charge on any atom is 0.0395 e. The highest BCUT2D eigenvalue weighted by Gasteiger charge is 2.40. The molecule has 0 aromatic heterocycles. The van der Waals surface area contributed by atoms with E-state index >= 15 is 0 Å². The standard InChI is InChI=1S/C36H56N2/c1-23(2)30-16-13-25(5)19-32(30)27(7)21-36(34-20-26(6)14-17-31(34)24(3)4)38-29-15-18-35(37)33(22-29)28-11-9-8-10-12-28/h8-12,15,18,22-27,30-32,34,36,38H,13-14,16-17,19-21,37H2,1-7H3. The van der Waals surface area contributed by atoms with Crippen molar-refractivity contribution >= 4 is 11.4 Å². The average molecular weight is 517 g/mol. The van der Waals surface area contributed by atoms with Crippen molar-refractivity contribution in [2.45, 2.75) is 99.5 Å². The van der Waals surface area contributed by atoms with E-state index in [4.69, 9.17) is 5.73 Å². The zero-order valence-corrected chi connectivity index (χ0v) is 25.4. The Balaban J connectivity index is 1.64. The molecule has 4 rings (SSSR count). The normalized spacial score (nSPS) is 29.8. The molecule has 8 unspecified atom stereocenters. The number of rotatable bonds is 9. The molecule has 2 aromatic carbocycles. The molecule has 2 aromatic rings. The lowest BCUT2D eigenvalue weighted by molar-refractivity contribution is 0.0738. The third-order valence-electron chi connectivity index (χ3n) is 10.5. The molecule has 0 amide bonds. The maximum absolute atomic E-state index is 6.48. The summed E-state index contributed by atoms with van der Waals surface area (Å²) in [6.07, 6.45) is 9.62. The monoisotopic (exact) mass is 516 g/mol. The van der Waals surface area contributed by atoms with Gasteiger partial charge in [0, 0.05) is 23.0 Å². The van der Waals surface area contributed by atoms with Gasteiger partial charge in [0.25, 0.3) is 0 Å². The first-order valence-corrected chi connectivity index (χ1v) is 15.9. The van der Waals surface area contributed by atoms with E-state index in [1.165, 1.54) is 56.2 Å². The van der Waals surface area contributed by atoms with Crippen molar-refractivity contribution in [1.29, 1.82) is 0 Å². The lowest BCUT2D eigenvalue weighted by Crippen LogP contribution is -2.42. The molecule has 2 heteroatoms. The van der Waals surface area contributed by atoms with Gasteiger partial charge in [-0.25, -0.2) is 0 Å². The molecular formula is C36H56N2. The van der Waals surface area contributed by atoms with Crippen molar-refractivity contribution in [3.63, 3.8) is 0 Å². The Bertz CT molecular complexity index is 996. The van der Waals surface area contributed by atoms with Crippen LogP contribution in [0, 0.1) is 53.3 Å². The van der Waals surface area contributed by atoms with Gasteiger partial charge in [-0.1, -0.05) is 91.6 Å². The second-order valence-electron chi connectivity index (χ2n) is 14.1. The number of nitrogens with two attached hydrogens (primary N) is 1. The Hall–Kier alpha value is -1.96. The highest BCUT2D eigenvalue weighted by atomic mass is 14.9. The van der Waals surface area contributed by atoms with Crippen LogP contribution < -0.4 is 11.1 Å². The highest BCUT2D eigenvalue weighted by molar-refractivity contribution is 5.79. The molecule has 3 N–H and O–H groups in total. The first kappa shape index (κ1) is 29.0. The van der Waals surface area contributed by atoms with E-state index in [1.807, 2.05) is 0 Å². The molecule has 0 saturated heterocycles. The van der Waals surface area contributed by atoms with Crippen molar-refractivity contribution in [3.8, 4) is 11.1 Å². The predicted octanol–water partition coefficient (Wildman–Crippen LogP) is 10.2. The van der Waals surface area contributed by atoms with Crippen molar-refractivity contribution < 1.29 is 0 Å². The van der Waals surface area contributed by atoms with Gasteiger partial charge in [-0.3, -0.25) is 0 Å². The molecule has 38 heavy (non-hydrogen) atoms. The Morgan fingerprint density at radius 2 is 1.32 bits per heavy atom. The summed E-state index contributed by atoms with van der Waals surface area (Å²) in [5.74, 6) is 7.16. The summed E-state index contributed by atoms with van der Waals surface area (Å²) in [4.78, 5) is 0. The lowest BCUT2D eigenvalue weighted by atomic mass is 9.62. The van der Waals surface area contributed by atoms with E-state index in [9.17, 15) is 0 Å². The second-order valence-corrected chi connectivity index (χ2v) is 14.1. The van der Waals surface area contributed by atoms with E-state index in [-0.39, 0.29) is 0 Å². The minimum atomic E-state index is 0.498. The maximum atomic E-state index is 6.48. The molecule has 0 radical (unpaired) electrons. The van der Waals surface area contributed by atoms with Crippen molar-refractivity contribution in [2.75, 3.05) is 11.1 Å². The topological polar surface area (TPSA) is 38.0 Å². The summed E-state index contributed by atoms with van der Waals surface area (Å²) in [5, 5.41) is 4.16. The molecule has 2 aliphatic rings. The Morgan fingerprint density at radius 1 is 0.737 bits per heavy atom. The van der Waals surface area contributed by atoms with Gasteiger partial charge in [0.05, 0.1) is 0 Å². The zero-order valence-electron chi connectivity index (χ0n) is 25.4. The summed E-state index contributed by atoms with van der Waals surface area (Å²) in [5.41, 5.74) is 10.9. The average Bonchev–Trinajstić information content (AvgIpc) is 2.89. The van der Waals surface area contributed by atoms with E-state index in [0.717, 1.165) is 64.5 Å². The van der Waals surface area contributed by atoms with Crippen LogP contribution in [0.4, 0.5) is 11.4 Å². The lowest BCUT2D eigenvalue weighted by Gasteiger charge is -2.46. The van der Waals surface area contributed by atoms with Gasteiger partial charge >= 0.3 is 0 Å². The highest BCUT2D eigenvalue weighted by Crippen LogP contribution is 2.46. The number of hydrogen-bond acceptors (Lipinski definition) is 2. The van der Waals surface area contributed by atoms with Gasteiger partial charge in [-0.05, 0) is 109 Å². The second kappa shape index (κ2) is 12.9. The van der Waals surface area contributed by atoms with Gasteiger partial charge in [-0.15, -0.1) is 0 Å². The molecule has 2 fully saturated rings. The summed E-state index contributed by atoms with van der Waals surface area (Å²) >= 11 is 0. The van der Waals surface area contributed by atoms with Gasteiger partial charge in [-0.2, -0.15) is 0 Å². The predicted molar refractivity (Wildman–Crippen MR) is 167 cm³/mol. The summed E-state index contributed by atoms with van der Waals surface area (Å²) in [7, 11) is 0. The van der Waals surface area contributed by atoms with Crippen molar-refractivity contribution in [1.82, 2.24) is 0 Å². The SMILES string of the molecule is CC1CCC(C(C)C)C(C(C)CC(Nc2ccc(N)c(-c3ccccc3)c2)C2CC(C)CCC2C(C)C)C1. The number of hydrogen-bond donors (Lipinski definition) is 2. The molecule has 210 valence electrons. The molecule has 2 saturated carbocycles. The van der Waals surface area contributed by atoms with Gasteiger partial charge in [0.2, 0.25) is 0 Å². The fourth-order valence-corrected chi connectivity index (χ4v) is 8.31. The summed E-state index contributed by atoms with van der Waals surface area (Å²) in [6.45, 7) is 17.4. The zero-order chi connectivity index (χ0) is 27.4. The fraction of sp³-hybridized carbons (Fsp3) is 0.667. The number of nitrogen functional groups attached to an aromatic ring is 1. The van der Waals surface area contributed by atoms with Crippen LogP contribution >= 0.6 is 0 Å². The molecule has 8 atom stereocenters. The Morgan fingerprint density at radius 3 is 1.92 bits per heavy atom. The smallest absolute Gasteiger partial charge is 0.0395 e. The minimum Gasteiger partial charge on any atom is -0.398 e. The van der Waals surface area contributed by atoms with Crippen LogP contribution in [0.25, 0.3) is 11.1 Å². The Labute approximate surface area is 234 Å². The van der Waals surface area contributed by atoms with Crippen LogP contribution in [0.1, 0.15) is 93.4 Å². The van der Waals surface area contributed by atoms with Crippen LogP contribution in [-0.4, -0.2) is 6.04 Å². The van der Waals surface area contributed by atoms with Crippen molar-refractivity contribution in [2.24, 2.45) is 53.3 Å². The molecule has 0 aliphatic heterocycles. The Kier molecular flexibility index (Phi) is 9.88. The van der Waals surface area contributed by atoms with Crippen LogP contribution in [-0.2, 0) is 0 Å². The largest absolute Gasteiger partial charge is 0.398 e. The van der Waals surface area contributed by atoms with Crippen molar-refractivity contribution in [3.05, 3.63) is 48.5 Å². The minimum absolute atomic E-state index is 0.498. The quantitative estimate of drug-likeness (QED) is 0.325. The van der Waals surface area contributed by atoms with Gasteiger partial charge in [0.1, 0.15) is 0 Å². The molecule has 0 heterocycles.